The first-order valence-electron chi connectivity index (χ1n) is 3.38. The highest BCUT2D eigenvalue weighted by atomic mass is 32.1. The van der Waals surface area contributed by atoms with Crippen molar-refractivity contribution in [3.8, 4) is 5.88 Å². The van der Waals surface area contributed by atoms with Crippen molar-refractivity contribution in [1.82, 2.24) is 9.38 Å². The lowest BCUT2D eigenvalue weighted by atomic mass is 10.7. The van der Waals surface area contributed by atoms with Crippen molar-refractivity contribution in [3.63, 3.8) is 0 Å². The average Bonchev–Trinajstić information content (AvgIpc) is 2.59. The van der Waals surface area contributed by atoms with Crippen LogP contribution in [0, 0.1) is 10.1 Å². The third kappa shape index (κ3) is 1.04. The third-order valence-electron chi connectivity index (χ3n) is 1.57. The Balaban J connectivity index is 2.77. The van der Waals surface area contributed by atoms with Crippen molar-refractivity contribution in [2.24, 2.45) is 0 Å². The minimum Gasteiger partial charge on any atom is -0.475 e. The fourth-order valence-corrected chi connectivity index (χ4v) is 1.76. The molecule has 0 aliphatic heterocycles. The van der Waals surface area contributed by atoms with Gasteiger partial charge in [0, 0.05) is 5.38 Å². The second-order valence-electron chi connectivity index (χ2n) is 2.26. The summed E-state index contributed by atoms with van der Waals surface area (Å²) in [6.45, 7) is 0. The predicted octanol–water partition coefficient (Wildman–Crippen LogP) is 1.31. The topological polar surface area (TPSA) is 69.7 Å². The number of imidazole rings is 1. The summed E-state index contributed by atoms with van der Waals surface area (Å²) in [5.74, 6) is -0.0735. The van der Waals surface area contributed by atoms with E-state index >= 15 is 0 Å². The van der Waals surface area contributed by atoms with E-state index in [1.54, 1.807) is 11.6 Å². The van der Waals surface area contributed by atoms with Crippen LogP contribution in [-0.4, -0.2) is 21.4 Å². The molecule has 0 N–H and O–H groups in total. The fourth-order valence-electron chi connectivity index (χ4n) is 1.06. The Morgan fingerprint density at radius 3 is 3.15 bits per heavy atom. The van der Waals surface area contributed by atoms with E-state index in [1.807, 2.05) is 0 Å². The average molecular weight is 199 g/mol. The zero-order valence-corrected chi connectivity index (χ0v) is 7.45. The molecule has 13 heavy (non-hydrogen) atoms. The van der Waals surface area contributed by atoms with Crippen LogP contribution in [0.3, 0.4) is 0 Å². The molecule has 7 heteroatoms. The van der Waals surface area contributed by atoms with Gasteiger partial charge in [-0.05, 0) is 4.92 Å². The van der Waals surface area contributed by atoms with Gasteiger partial charge in [-0.15, -0.1) is 0 Å². The molecule has 0 bridgehead atoms. The Bertz CT molecular complexity index is 461. The van der Waals surface area contributed by atoms with Gasteiger partial charge in [-0.2, -0.15) is 9.38 Å². The van der Waals surface area contributed by atoms with Crippen LogP contribution in [0.25, 0.3) is 4.96 Å². The monoisotopic (exact) mass is 199 g/mol. The van der Waals surface area contributed by atoms with Gasteiger partial charge in [0.2, 0.25) is 0 Å². The third-order valence-corrected chi connectivity index (χ3v) is 2.33. The molecule has 0 radical (unpaired) electrons. The summed E-state index contributed by atoms with van der Waals surface area (Å²) < 4.78 is 6.18. The Hall–Kier alpha value is -1.63. The molecule has 2 aromatic heterocycles. The highest BCUT2D eigenvalue weighted by molar-refractivity contribution is 7.15. The summed E-state index contributed by atoms with van der Waals surface area (Å²) in [6, 6.07) is 0. The number of aromatic nitrogens is 2. The minimum atomic E-state index is -0.508. The highest BCUT2D eigenvalue weighted by Gasteiger charge is 2.23. The maximum atomic E-state index is 10.6. The molecular formula is C6H5N3O3S. The number of nitrogens with zero attached hydrogens (tertiary/aromatic N) is 3. The van der Waals surface area contributed by atoms with Gasteiger partial charge in [0.05, 0.1) is 7.11 Å². The standard InChI is InChI=1S/C6H5N3O3S/c1-12-4-5(9(10)11)8-2-3-13-6(8)7-4/h2-3H,1H3. The maximum absolute atomic E-state index is 10.6. The van der Waals surface area contributed by atoms with Crippen LogP contribution >= 0.6 is 11.3 Å². The largest absolute Gasteiger partial charge is 0.475 e. The van der Waals surface area contributed by atoms with Gasteiger partial charge in [-0.25, -0.2) is 0 Å². The van der Waals surface area contributed by atoms with Crippen LogP contribution in [-0.2, 0) is 0 Å². The molecule has 2 heterocycles. The number of ether oxygens (including phenoxy) is 1. The van der Waals surface area contributed by atoms with E-state index in [2.05, 4.69) is 4.98 Å². The van der Waals surface area contributed by atoms with E-state index < -0.39 is 4.92 Å². The Kier molecular flexibility index (Phi) is 1.66. The lowest BCUT2D eigenvalue weighted by Crippen LogP contribution is -1.94. The quantitative estimate of drug-likeness (QED) is 0.540. The number of methoxy groups -OCH3 is 1. The lowest BCUT2D eigenvalue weighted by Gasteiger charge is -1.93. The smallest absolute Gasteiger partial charge is 0.393 e. The fraction of sp³-hybridized carbons (Fsp3) is 0.167. The van der Waals surface area contributed by atoms with Gasteiger partial charge in [-0.1, -0.05) is 11.3 Å². The number of rotatable bonds is 2. The van der Waals surface area contributed by atoms with Crippen LogP contribution < -0.4 is 4.74 Å². The molecule has 0 saturated carbocycles. The summed E-state index contributed by atoms with van der Waals surface area (Å²) in [7, 11) is 1.36. The minimum absolute atomic E-state index is 0.0526. The van der Waals surface area contributed by atoms with E-state index in [0.717, 1.165) is 0 Å². The summed E-state index contributed by atoms with van der Waals surface area (Å²) in [6.07, 6.45) is 1.59. The van der Waals surface area contributed by atoms with Gasteiger partial charge in [0.1, 0.15) is 6.20 Å². The first kappa shape index (κ1) is 7.99. The summed E-state index contributed by atoms with van der Waals surface area (Å²) in [4.78, 5) is 14.6. The van der Waals surface area contributed by atoms with Crippen LogP contribution in [0.4, 0.5) is 5.82 Å². The van der Waals surface area contributed by atoms with Crippen LogP contribution in [0.15, 0.2) is 11.6 Å². The van der Waals surface area contributed by atoms with Gasteiger partial charge < -0.3 is 14.9 Å². The number of fused-ring (bicyclic) bond motifs is 1. The lowest BCUT2D eigenvalue weighted by molar-refractivity contribution is -0.391. The molecule has 2 rings (SSSR count). The molecule has 0 saturated heterocycles. The molecule has 0 spiro atoms. The van der Waals surface area contributed by atoms with Crippen LogP contribution in [0.1, 0.15) is 0 Å². The number of hydrogen-bond acceptors (Lipinski definition) is 5. The summed E-state index contributed by atoms with van der Waals surface area (Å²) in [5.41, 5.74) is 0. The van der Waals surface area contributed by atoms with Gasteiger partial charge in [0.15, 0.2) is 0 Å². The molecule has 68 valence electrons. The molecule has 0 amide bonds. The van der Waals surface area contributed by atoms with Crippen molar-refractivity contribution in [3.05, 3.63) is 21.7 Å². The Morgan fingerprint density at radius 1 is 1.77 bits per heavy atom. The molecule has 2 aromatic rings. The number of hydrogen-bond donors (Lipinski definition) is 0. The first-order valence-corrected chi connectivity index (χ1v) is 4.26. The van der Waals surface area contributed by atoms with Gasteiger partial charge >= 0.3 is 11.7 Å². The molecule has 0 aliphatic rings. The van der Waals surface area contributed by atoms with Crippen molar-refractivity contribution in [2.75, 3.05) is 7.11 Å². The number of thiazole rings is 1. The second kappa shape index (κ2) is 2.70. The molecule has 0 aliphatic carbocycles. The Morgan fingerprint density at radius 2 is 2.54 bits per heavy atom. The van der Waals surface area contributed by atoms with Gasteiger partial charge in [-0.3, -0.25) is 0 Å². The van der Waals surface area contributed by atoms with Crippen molar-refractivity contribution in [1.29, 1.82) is 0 Å². The van der Waals surface area contributed by atoms with E-state index in [4.69, 9.17) is 4.74 Å². The Labute approximate surface area is 76.5 Å². The van der Waals surface area contributed by atoms with Crippen molar-refractivity contribution < 1.29 is 9.66 Å². The highest BCUT2D eigenvalue weighted by Crippen LogP contribution is 2.29. The molecule has 6 nitrogen and oxygen atoms in total. The SMILES string of the molecule is COc1nc2sccn2c1[N+](=O)[O-]. The van der Waals surface area contributed by atoms with E-state index in [-0.39, 0.29) is 11.7 Å². The van der Waals surface area contributed by atoms with Crippen LogP contribution in [0.2, 0.25) is 0 Å². The predicted molar refractivity (Wildman–Crippen MR) is 46.3 cm³/mol. The van der Waals surface area contributed by atoms with Gasteiger partial charge in [0.25, 0.3) is 4.96 Å². The maximum Gasteiger partial charge on any atom is 0.393 e. The van der Waals surface area contributed by atoms with E-state index in [9.17, 15) is 10.1 Å². The molecule has 0 fully saturated rings. The molecule has 0 unspecified atom stereocenters. The van der Waals surface area contributed by atoms with Crippen molar-refractivity contribution >= 4 is 22.1 Å². The van der Waals surface area contributed by atoms with E-state index in [1.165, 1.54) is 22.8 Å². The van der Waals surface area contributed by atoms with Crippen LogP contribution in [0.5, 0.6) is 5.88 Å². The first-order chi connectivity index (χ1) is 6.24. The molecular weight excluding hydrogens is 194 g/mol. The summed E-state index contributed by atoms with van der Waals surface area (Å²) >= 11 is 1.32. The number of nitro groups is 1. The zero-order valence-electron chi connectivity index (χ0n) is 6.63. The van der Waals surface area contributed by atoms with Crippen molar-refractivity contribution in [2.45, 2.75) is 0 Å². The second-order valence-corrected chi connectivity index (χ2v) is 3.13. The van der Waals surface area contributed by atoms with E-state index in [0.29, 0.717) is 4.96 Å². The zero-order chi connectivity index (χ0) is 9.42. The normalized spacial score (nSPS) is 10.5. The summed E-state index contributed by atoms with van der Waals surface area (Å²) in [5, 5.41) is 12.4. The molecule has 0 atom stereocenters. The molecule has 0 aromatic carbocycles.